The van der Waals surface area contributed by atoms with Gasteiger partial charge < -0.3 is 0 Å². The molecule has 0 unspecified atom stereocenters. The molecule has 0 aliphatic heterocycles. The first-order valence-corrected chi connectivity index (χ1v) is 6.56. The summed E-state index contributed by atoms with van der Waals surface area (Å²) in [7, 11) is 0. The molecule has 0 aromatic carbocycles. The molecule has 0 aliphatic carbocycles. The van der Waals surface area contributed by atoms with Crippen LogP contribution in [0.1, 0.15) is 13.8 Å². The van der Waals surface area contributed by atoms with Crippen LogP contribution >= 0.6 is 34.9 Å². The summed E-state index contributed by atoms with van der Waals surface area (Å²) in [5.41, 5.74) is 0. The molecule has 0 fully saturated rings. The third-order valence-electron chi connectivity index (χ3n) is 1.17. The van der Waals surface area contributed by atoms with Gasteiger partial charge in [-0.25, -0.2) is 0 Å². The summed E-state index contributed by atoms with van der Waals surface area (Å²) in [6.45, 7) is 4.40. The number of hydrogen-bond donors (Lipinski definition) is 0. The van der Waals surface area contributed by atoms with Crippen molar-refractivity contribution in [2.75, 3.05) is 11.5 Å². The predicted molar refractivity (Wildman–Crippen MR) is 57.1 cm³/mol. The molecule has 1 aromatic heterocycles. The number of thioether (sulfide) groups is 2. The Kier molecular flexibility index (Phi) is 4.41. The summed E-state index contributed by atoms with van der Waals surface area (Å²) in [5, 5.41) is 2.18. The molecule has 1 heterocycles. The lowest BCUT2D eigenvalue weighted by Crippen LogP contribution is -1.71. The summed E-state index contributed by atoms with van der Waals surface area (Å²) in [6, 6.07) is 2.22. The quantitative estimate of drug-likeness (QED) is 0.681. The van der Waals surface area contributed by atoms with Gasteiger partial charge >= 0.3 is 0 Å². The SMILES string of the molecule is CCSc1ccsc1SCC. The van der Waals surface area contributed by atoms with E-state index in [1.165, 1.54) is 20.6 Å². The van der Waals surface area contributed by atoms with Gasteiger partial charge in [-0.3, -0.25) is 0 Å². The number of hydrogen-bond acceptors (Lipinski definition) is 3. The van der Waals surface area contributed by atoms with Gasteiger partial charge in [-0.2, -0.15) is 0 Å². The molecule has 0 spiro atoms. The summed E-state index contributed by atoms with van der Waals surface area (Å²) in [6.07, 6.45) is 0. The Morgan fingerprint density at radius 3 is 2.64 bits per heavy atom. The topological polar surface area (TPSA) is 0 Å². The van der Waals surface area contributed by atoms with E-state index in [9.17, 15) is 0 Å². The lowest BCUT2D eigenvalue weighted by Gasteiger charge is -1.97. The maximum atomic E-state index is 2.22. The minimum atomic E-state index is 1.17. The largest absolute Gasteiger partial charge is 0.136 e. The van der Waals surface area contributed by atoms with E-state index in [1.54, 1.807) is 0 Å². The molecule has 0 bridgehead atoms. The molecule has 1 rings (SSSR count). The molecule has 0 saturated carbocycles. The summed E-state index contributed by atoms with van der Waals surface area (Å²) in [4.78, 5) is 1.46. The summed E-state index contributed by atoms with van der Waals surface area (Å²) >= 11 is 5.74. The average Bonchev–Trinajstić information content (AvgIpc) is 2.39. The van der Waals surface area contributed by atoms with Crippen LogP contribution in [0.25, 0.3) is 0 Å². The molecular formula is C8H12S3. The van der Waals surface area contributed by atoms with E-state index in [0.29, 0.717) is 0 Å². The highest BCUT2D eigenvalue weighted by atomic mass is 32.2. The van der Waals surface area contributed by atoms with Crippen molar-refractivity contribution in [1.82, 2.24) is 0 Å². The smallest absolute Gasteiger partial charge is 0.0734 e. The van der Waals surface area contributed by atoms with E-state index >= 15 is 0 Å². The highest BCUT2D eigenvalue weighted by Crippen LogP contribution is 2.35. The third kappa shape index (κ3) is 2.73. The highest BCUT2D eigenvalue weighted by molar-refractivity contribution is 8.03. The van der Waals surface area contributed by atoms with E-state index in [-0.39, 0.29) is 0 Å². The Morgan fingerprint density at radius 1 is 1.27 bits per heavy atom. The monoisotopic (exact) mass is 204 g/mol. The van der Waals surface area contributed by atoms with E-state index in [1.807, 2.05) is 34.9 Å². The van der Waals surface area contributed by atoms with Crippen LogP contribution in [0.5, 0.6) is 0 Å². The Balaban J connectivity index is 2.62. The Hall–Kier alpha value is 0.400. The normalized spacial score (nSPS) is 10.4. The molecule has 1 aromatic rings. The highest BCUT2D eigenvalue weighted by Gasteiger charge is 2.02. The zero-order valence-corrected chi connectivity index (χ0v) is 9.24. The molecule has 0 N–H and O–H groups in total. The van der Waals surface area contributed by atoms with Crippen LogP contribution in [0.15, 0.2) is 20.6 Å². The fourth-order valence-electron chi connectivity index (χ4n) is 0.783. The average molecular weight is 204 g/mol. The van der Waals surface area contributed by atoms with Crippen LogP contribution in [0, 0.1) is 0 Å². The molecule has 0 nitrogen and oxygen atoms in total. The predicted octanol–water partition coefficient (Wildman–Crippen LogP) is 3.97. The van der Waals surface area contributed by atoms with Crippen molar-refractivity contribution in [1.29, 1.82) is 0 Å². The molecule has 0 radical (unpaired) electrons. The molecule has 0 saturated heterocycles. The maximum Gasteiger partial charge on any atom is 0.0734 e. The van der Waals surface area contributed by atoms with Crippen molar-refractivity contribution >= 4 is 34.9 Å². The second kappa shape index (κ2) is 5.12. The van der Waals surface area contributed by atoms with Crippen molar-refractivity contribution < 1.29 is 0 Å². The van der Waals surface area contributed by atoms with Gasteiger partial charge in [0.1, 0.15) is 0 Å². The first-order chi connectivity index (χ1) is 5.38. The summed E-state index contributed by atoms with van der Waals surface area (Å²) in [5.74, 6) is 2.35. The molecular weight excluding hydrogens is 192 g/mol. The second-order valence-electron chi connectivity index (χ2n) is 1.94. The van der Waals surface area contributed by atoms with Crippen LogP contribution in [0.3, 0.4) is 0 Å². The van der Waals surface area contributed by atoms with E-state index in [0.717, 1.165) is 0 Å². The Bertz CT molecular complexity index is 184. The first-order valence-electron chi connectivity index (χ1n) is 3.71. The number of rotatable bonds is 4. The summed E-state index contributed by atoms with van der Waals surface area (Å²) < 4.78 is 1.49. The maximum absolute atomic E-state index is 2.22. The lowest BCUT2D eigenvalue weighted by molar-refractivity contribution is 1.37. The fourth-order valence-corrected chi connectivity index (χ4v) is 3.91. The molecule has 3 heteroatoms. The van der Waals surface area contributed by atoms with Gasteiger partial charge in [0, 0.05) is 4.90 Å². The minimum Gasteiger partial charge on any atom is -0.136 e. The minimum absolute atomic E-state index is 1.17. The molecule has 62 valence electrons. The standard InChI is InChI=1S/C8H12S3/c1-3-9-7-5-6-11-8(7)10-4-2/h5-6H,3-4H2,1-2H3. The van der Waals surface area contributed by atoms with Crippen LogP contribution < -0.4 is 0 Å². The molecule has 11 heavy (non-hydrogen) atoms. The van der Waals surface area contributed by atoms with Crippen molar-refractivity contribution in [3.8, 4) is 0 Å². The van der Waals surface area contributed by atoms with Gasteiger partial charge in [0.25, 0.3) is 0 Å². The van der Waals surface area contributed by atoms with Crippen LogP contribution in [-0.4, -0.2) is 11.5 Å². The van der Waals surface area contributed by atoms with Crippen molar-refractivity contribution in [3.05, 3.63) is 11.4 Å². The van der Waals surface area contributed by atoms with Crippen molar-refractivity contribution in [2.45, 2.75) is 23.0 Å². The second-order valence-corrected chi connectivity index (χ2v) is 5.69. The van der Waals surface area contributed by atoms with Gasteiger partial charge in [0.2, 0.25) is 0 Å². The van der Waals surface area contributed by atoms with Gasteiger partial charge in [0.15, 0.2) is 0 Å². The van der Waals surface area contributed by atoms with Crippen LogP contribution in [-0.2, 0) is 0 Å². The van der Waals surface area contributed by atoms with Crippen molar-refractivity contribution in [2.24, 2.45) is 0 Å². The fraction of sp³-hybridized carbons (Fsp3) is 0.500. The van der Waals surface area contributed by atoms with Gasteiger partial charge in [-0.15, -0.1) is 34.9 Å². The van der Waals surface area contributed by atoms with Gasteiger partial charge in [-0.1, -0.05) is 13.8 Å². The van der Waals surface area contributed by atoms with E-state index < -0.39 is 0 Å². The van der Waals surface area contributed by atoms with Crippen LogP contribution in [0.4, 0.5) is 0 Å². The Morgan fingerprint density at radius 2 is 2.00 bits per heavy atom. The first kappa shape index (κ1) is 9.49. The zero-order valence-electron chi connectivity index (χ0n) is 6.79. The van der Waals surface area contributed by atoms with E-state index in [2.05, 4.69) is 25.3 Å². The number of thiophene rings is 1. The lowest BCUT2D eigenvalue weighted by atomic mass is 10.7. The zero-order chi connectivity index (χ0) is 8.10. The van der Waals surface area contributed by atoms with Gasteiger partial charge in [-0.05, 0) is 23.0 Å². The van der Waals surface area contributed by atoms with E-state index in [4.69, 9.17) is 0 Å². The molecule has 0 atom stereocenters. The van der Waals surface area contributed by atoms with Crippen molar-refractivity contribution in [3.63, 3.8) is 0 Å². The Labute approximate surface area is 80.8 Å². The third-order valence-corrected chi connectivity index (χ3v) is 4.49. The van der Waals surface area contributed by atoms with Crippen LogP contribution in [0.2, 0.25) is 0 Å². The molecule has 0 aliphatic rings. The van der Waals surface area contributed by atoms with Gasteiger partial charge in [0.05, 0.1) is 4.21 Å². The molecule has 0 amide bonds.